The van der Waals surface area contributed by atoms with E-state index in [1.165, 1.54) is 37.9 Å². The molecule has 0 saturated carbocycles. The average Bonchev–Trinajstić information content (AvgIpc) is 2.58. The first-order valence-electron chi connectivity index (χ1n) is 8.41. The van der Waals surface area contributed by atoms with Gasteiger partial charge in [-0.05, 0) is 51.4 Å². The Bertz CT molecular complexity index is 432. The molecule has 1 heterocycles. The van der Waals surface area contributed by atoms with Gasteiger partial charge in [0.2, 0.25) is 5.91 Å². The van der Waals surface area contributed by atoms with Crippen LogP contribution < -0.4 is 5.32 Å². The minimum absolute atomic E-state index is 0.00944. The van der Waals surface area contributed by atoms with Crippen molar-refractivity contribution in [3.8, 4) is 0 Å². The third-order valence-electron chi connectivity index (χ3n) is 4.11. The molecule has 2 rings (SSSR count). The average molecular weight is 321 g/mol. The first-order chi connectivity index (χ1) is 10.8. The van der Waals surface area contributed by atoms with Gasteiger partial charge in [0.15, 0.2) is 0 Å². The first-order valence-corrected chi connectivity index (χ1v) is 9.46. The highest BCUT2D eigenvalue weighted by Gasteiger charge is 2.13. The third kappa shape index (κ3) is 6.41. The zero-order valence-electron chi connectivity index (χ0n) is 13.6. The Hall–Kier alpha value is -1.00. The Kier molecular flexibility index (Phi) is 7.81. The zero-order chi connectivity index (χ0) is 15.6. The lowest BCUT2D eigenvalue weighted by Gasteiger charge is -2.26. The SMILES string of the molecule is CC(SCc1ccccc1)C(=O)NCCCN1CCCCC1. The van der Waals surface area contributed by atoms with Gasteiger partial charge in [0.1, 0.15) is 0 Å². The van der Waals surface area contributed by atoms with Crippen molar-refractivity contribution in [1.29, 1.82) is 0 Å². The summed E-state index contributed by atoms with van der Waals surface area (Å²) in [7, 11) is 0. The molecule has 0 spiro atoms. The Morgan fingerprint density at radius 1 is 1.23 bits per heavy atom. The lowest BCUT2D eigenvalue weighted by Crippen LogP contribution is -2.35. The molecule has 1 aliphatic heterocycles. The Morgan fingerprint density at radius 2 is 1.95 bits per heavy atom. The van der Waals surface area contributed by atoms with Crippen molar-refractivity contribution in [3.05, 3.63) is 35.9 Å². The fourth-order valence-corrected chi connectivity index (χ4v) is 3.58. The molecule has 122 valence electrons. The van der Waals surface area contributed by atoms with Gasteiger partial charge in [-0.2, -0.15) is 0 Å². The summed E-state index contributed by atoms with van der Waals surface area (Å²) in [6, 6.07) is 10.3. The molecule has 1 saturated heterocycles. The molecule has 0 radical (unpaired) electrons. The zero-order valence-corrected chi connectivity index (χ0v) is 14.4. The van der Waals surface area contributed by atoms with Crippen LogP contribution in [-0.2, 0) is 10.5 Å². The van der Waals surface area contributed by atoms with Crippen LogP contribution in [0.5, 0.6) is 0 Å². The van der Waals surface area contributed by atoms with Crippen molar-refractivity contribution >= 4 is 17.7 Å². The minimum atomic E-state index is 0.00944. The largest absolute Gasteiger partial charge is 0.355 e. The summed E-state index contributed by atoms with van der Waals surface area (Å²) in [5.74, 6) is 1.06. The highest BCUT2D eigenvalue weighted by atomic mass is 32.2. The van der Waals surface area contributed by atoms with E-state index in [-0.39, 0.29) is 11.2 Å². The highest BCUT2D eigenvalue weighted by molar-refractivity contribution is 7.99. The van der Waals surface area contributed by atoms with Gasteiger partial charge < -0.3 is 10.2 Å². The van der Waals surface area contributed by atoms with Gasteiger partial charge in [-0.1, -0.05) is 36.8 Å². The topological polar surface area (TPSA) is 32.3 Å². The second-order valence-electron chi connectivity index (χ2n) is 5.99. The lowest BCUT2D eigenvalue weighted by atomic mass is 10.1. The number of nitrogens with one attached hydrogen (secondary N) is 1. The van der Waals surface area contributed by atoms with E-state index < -0.39 is 0 Å². The number of carbonyl (C=O) groups excluding carboxylic acids is 1. The van der Waals surface area contributed by atoms with Crippen LogP contribution in [0.2, 0.25) is 0 Å². The monoisotopic (exact) mass is 320 g/mol. The molecule has 0 aromatic heterocycles. The summed E-state index contributed by atoms with van der Waals surface area (Å²) in [5, 5.41) is 3.08. The molecule has 1 N–H and O–H groups in total. The number of piperidine rings is 1. The van der Waals surface area contributed by atoms with Crippen LogP contribution in [0.15, 0.2) is 30.3 Å². The van der Waals surface area contributed by atoms with Gasteiger partial charge in [0.05, 0.1) is 5.25 Å². The van der Waals surface area contributed by atoms with E-state index in [4.69, 9.17) is 0 Å². The van der Waals surface area contributed by atoms with Gasteiger partial charge in [-0.15, -0.1) is 11.8 Å². The van der Waals surface area contributed by atoms with Gasteiger partial charge in [-0.25, -0.2) is 0 Å². The van der Waals surface area contributed by atoms with Crippen molar-refractivity contribution in [1.82, 2.24) is 10.2 Å². The summed E-state index contributed by atoms with van der Waals surface area (Å²) in [6.07, 6.45) is 5.10. The van der Waals surface area contributed by atoms with E-state index >= 15 is 0 Å². The van der Waals surface area contributed by atoms with Crippen LogP contribution in [-0.4, -0.2) is 42.2 Å². The molecular formula is C18H28N2OS. The molecule has 1 aromatic carbocycles. The van der Waals surface area contributed by atoms with Crippen molar-refractivity contribution in [2.75, 3.05) is 26.2 Å². The third-order valence-corrected chi connectivity index (χ3v) is 5.33. The maximum atomic E-state index is 12.1. The van der Waals surface area contributed by atoms with E-state index in [1.807, 2.05) is 25.1 Å². The molecule has 0 bridgehead atoms. The number of rotatable bonds is 8. The number of likely N-dealkylation sites (tertiary alicyclic amines) is 1. The quantitative estimate of drug-likeness (QED) is 0.746. The molecular weight excluding hydrogens is 292 g/mol. The minimum Gasteiger partial charge on any atom is -0.355 e. The maximum Gasteiger partial charge on any atom is 0.232 e. The molecule has 1 aromatic rings. The van der Waals surface area contributed by atoms with Crippen molar-refractivity contribution in [2.24, 2.45) is 0 Å². The predicted octanol–water partition coefficient (Wildman–Crippen LogP) is 3.30. The van der Waals surface area contributed by atoms with Crippen molar-refractivity contribution in [2.45, 2.75) is 43.6 Å². The van der Waals surface area contributed by atoms with Crippen LogP contribution in [0.1, 0.15) is 38.2 Å². The number of carbonyl (C=O) groups is 1. The van der Waals surface area contributed by atoms with Gasteiger partial charge in [-0.3, -0.25) is 4.79 Å². The number of thioether (sulfide) groups is 1. The normalized spacial score (nSPS) is 17.1. The molecule has 1 unspecified atom stereocenters. The summed E-state index contributed by atoms with van der Waals surface area (Å²) in [5.41, 5.74) is 1.28. The summed E-state index contributed by atoms with van der Waals surface area (Å²) in [4.78, 5) is 14.6. The Labute approximate surface area is 138 Å². The summed E-state index contributed by atoms with van der Waals surface area (Å²) < 4.78 is 0. The fraction of sp³-hybridized carbons (Fsp3) is 0.611. The molecule has 1 fully saturated rings. The number of nitrogens with zero attached hydrogens (tertiary/aromatic N) is 1. The number of hydrogen-bond donors (Lipinski definition) is 1. The Morgan fingerprint density at radius 3 is 2.68 bits per heavy atom. The molecule has 1 atom stereocenters. The summed E-state index contributed by atoms with van der Waals surface area (Å²) >= 11 is 1.70. The Balaban J connectivity index is 1.56. The molecule has 1 aliphatic rings. The molecule has 3 nitrogen and oxygen atoms in total. The van der Waals surface area contributed by atoms with Crippen LogP contribution >= 0.6 is 11.8 Å². The van der Waals surface area contributed by atoms with Crippen LogP contribution in [0.3, 0.4) is 0 Å². The second-order valence-corrected chi connectivity index (χ2v) is 7.31. The molecule has 22 heavy (non-hydrogen) atoms. The van der Waals surface area contributed by atoms with Crippen molar-refractivity contribution in [3.63, 3.8) is 0 Å². The van der Waals surface area contributed by atoms with E-state index in [0.717, 1.165) is 25.3 Å². The van der Waals surface area contributed by atoms with Gasteiger partial charge in [0, 0.05) is 12.3 Å². The smallest absolute Gasteiger partial charge is 0.232 e. The van der Waals surface area contributed by atoms with E-state index in [0.29, 0.717) is 0 Å². The van der Waals surface area contributed by atoms with Crippen LogP contribution in [0.4, 0.5) is 0 Å². The molecule has 1 amide bonds. The molecule has 4 heteroatoms. The fourth-order valence-electron chi connectivity index (χ4n) is 2.71. The maximum absolute atomic E-state index is 12.1. The van der Waals surface area contributed by atoms with E-state index in [9.17, 15) is 4.79 Å². The van der Waals surface area contributed by atoms with Crippen LogP contribution in [0, 0.1) is 0 Å². The van der Waals surface area contributed by atoms with Gasteiger partial charge >= 0.3 is 0 Å². The number of amides is 1. The van der Waals surface area contributed by atoms with E-state index in [1.54, 1.807) is 11.8 Å². The van der Waals surface area contributed by atoms with Gasteiger partial charge in [0.25, 0.3) is 0 Å². The second kappa shape index (κ2) is 9.90. The van der Waals surface area contributed by atoms with Crippen LogP contribution in [0.25, 0.3) is 0 Å². The first kappa shape index (κ1) is 17.4. The summed E-state index contributed by atoms with van der Waals surface area (Å²) in [6.45, 7) is 6.37. The van der Waals surface area contributed by atoms with Crippen molar-refractivity contribution < 1.29 is 4.79 Å². The number of hydrogen-bond acceptors (Lipinski definition) is 3. The van der Waals surface area contributed by atoms with E-state index in [2.05, 4.69) is 22.3 Å². The lowest BCUT2D eigenvalue weighted by molar-refractivity contribution is -0.120. The highest BCUT2D eigenvalue weighted by Crippen LogP contribution is 2.17. The number of benzene rings is 1. The predicted molar refractivity (Wildman–Crippen MR) is 95.1 cm³/mol. The molecule has 0 aliphatic carbocycles. The standard InChI is InChI=1S/C18H28N2OS/c1-16(22-15-17-9-4-2-5-10-17)18(21)19-11-8-14-20-12-6-3-7-13-20/h2,4-5,9-10,16H,3,6-8,11-15H2,1H3,(H,19,21).